The van der Waals surface area contributed by atoms with Crippen LogP contribution in [-0.4, -0.2) is 26.8 Å². The maximum atomic E-state index is 11.6. The smallest absolute Gasteiger partial charge is 0.221 e. The molecule has 0 saturated heterocycles. The van der Waals surface area contributed by atoms with E-state index in [-0.39, 0.29) is 5.91 Å². The number of H-pyrrole nitrogens is 1. The van der Waals surface area contributed by atoms with Crippen molar-refractivity contribution in [2.45, 2.75) is 18.1 Å². The summed E-state index contributed by atoms with van der Waals surface area (Å²) in [6.07, 6.45) is 1.93. The summed E-state index contributed by atoms with van der Waals surface area (Å²) in [6.45, 7) is 0.576. The van der Waals surface area contributed by atoms with Crippen molar-refractivity contribution >= 4 is 17.7 Å². The Balaban J connectivity index is 1.63. The summed E-state index contributed by atoms with van der Waals surface area (Å²) < 4.78 is 0. The monoisotopic (exact) mass is 262 g/mol. The van der Waals surface area contributed by atoms with Crippen LogP contribution in [-0.2, 0) is 11.3 Å². The van der Waals surface area contributed by atoms with Crippen LogP contribution in [0.25, 0.3) is 0 Å². The van der Waals surface area contributed by atoms with Gasteiger partial charge in [0.05, 0.1) is 0 Å². The number of aromatic nitrogens is 3. The number of amides is 1. The number of aromatic amines is 1. The number of rotatable bonds is 6. The molecule has 0 spiro atoms. The van der Waals surface area contributed by atoms with Crippen LogP contribution in [0.15, 0.2) is 41.8 Å². The van der Waals surface area contributed by atoms with Gasteiger partial charge in [-0.15, -0.1) is 0 Å². The van der Waals surface area contributed by atoms with Crippen molar-refractivity contribution in [3.05, 3.63) is 42.2 Å². The second-order valence-corrected chi connectivity index (χ2v) is 4.74. The normalized spacial score (nSPS) is 10.2. The van der Waals surface area contributed by atoms with Gasteiger partial charge in [-0.1, -0.05) is 42.1 Å². The van der Waals surface area contributed by atoms with Crippen LogP contribution < -0.4 is 5.32 Å². The van der Waals surface area contributed by atoms with Gasteiger partial charge in [0.15, 0.2) is 5.16 Å². The van der Waals surface area contributed by atoms with Crippen LogP contribution in [0.5, 0.6) is 0 Å². The average Bonchev–Trinajstić information content (AvgIpc) is 2.91. The molecule has 5 nitrogen and oxygen atoms in total. The maximum absolute atomic E-state index is 11.6. The molecule has 18 heavy (non-hydrogen) atoms. The van der Waals surface area contributed by atoms with Crippen LogP contribution in [0.3, 0.4) is 0 Å². The van der Waals surface area contributed by atoms with Crippen LogP contribution >= 0.6 is 11.8 Å². The SMILES string of the molecule is O=C(CCSc1ncn[nH]1)NCc1ccccc1. The Kier molecular flexibility index (Phi) is 4.78. The molecular formula is C12H14N4OS. The molecule has 0 bridgehead atoms. The lowest BCUT2D eigenvalue weighted by Gasteiger charge is -2.04. The Hall–Kier alpha value is -1.82. The summed E-state index contributed by atoms with van der Waals surface area (Å²) in [7, 11) is 0. The maximum Gasteiger partial charge on any atom is 0.221 e. The molecule has 1 heterocycles. The highest BCUT2D eigenvalue weighted by atomic mass is 32.2. The average molecular weight is 262 g/mol. The minimum Gasteiger partial charge on any atom is -0.352 e. The molecule has 1 aromatic heterocycles. The molecule has 6 heteroatoms. The van der Waals surface area contributed by atoms with E-state index in [2.05, 4.69) is 20.5 Å². The zero-order valence-electron chi connectivity index (χ0n) is 9.80. The van der Waals surface area contributed by atoms with E-state index in [0.29, 0.717) is 18.7 Å². The topological polar surface area (TPSA) is 70.7 Å². The van der Waals surface area contributed by atoms with Crippen molar-refractivity contribution in [2.75, 3.05) is 5.75 Å². The first-order chi connectivity index (χ1) is 8.84. The number of nitrogens with one attached hydrogen (secondary N) is 2. The number of thioether (sulfide) groups is 1. The Labute approximate surface area is 109 Å². The fraction of sp³-hybridized carbons (Fsp3) is 0.250. The molecule has 0 aliphatic rings. The van der Waals surface area contributed by atoms with Gasteiger partial charge in [-0.25, -0.2) is 4.98 Å². The fourth-order valence-electron chi connectivity index (χ4n) is 1.39. The van der Waals surface area contributed by atoms with Gasteiger partial charge in [-0.05, 0) is 5.56 Å². The third-order valence-corrected chi connectivity index (χ3v) is 3.17. The highest BCUT2D eigenvalue weighted by Gasteiger charge is 2.03. The van der Waals surface area contributed by atoms with Crippen LogP contribution in [0, 0.1) is 0 Å². The van der Waals surface area contributed by atoms with E-state index in [1.165, 1.54) is 18.1 Å². The summed E-state index contributed by atoms with van der Waals surface area (Å²) in [4.78, 5) is 15.5. The van der Waals surface area contributed by atoms with Gasteiger partial charge in [0, 0.05) is 18.7 Å². The Morgan fingerprint density at radius 2 is 2.17 bits per heavy atom. The molecule has 2 N–H and O–H groups in total. The predicted molar refractivity (Wildman–Crippen MR) is 70.0 cm³/mol. The van der Waals surface area contributed by atoms with Crippen molar-refractivity contribution in [2.24, 2.45) is 0 Å². The molecule has 0 atom stereocenters. The predicted octanol–water partition coefficient (Wildman–Crippen LogP) is 1.60. The van der Waals surface area contributed by atoms with Gasteiger partial charge in [0.25, 0.3) is 0 Å². The standard InChI is InChI=1S/C12H14N4OS/c17-11(6-7-18-12-14-9-15-16-12)13-8-10-4-2-1-3-5-10/h1-5,9H,6-8H2,(H,13,17)(H,14,15,16). The summed E-state index contributed by atoms with van der Waals surface area (Å²) in [5, 5.41) is 10.1. The minimum absolute atomic E-state index is 0.0471. The molecule has 94 valence electrons. The third kappa shape index (κ3) is 4.21. The van der Waals surface area contributed by atoms with Gasteiger partial charge in [-0.3, -0.25) is 9.89 Å². The van der Waals surface area contributed by atoms with E-state index in [9.17, 15) is 4.79 Å². The van der Waals surface area contributed by atoms with Gasteiger partial charge < -0.3 is 5.32 Å². The number of hydrogen-bond acceptors (Lipinski definition) is 4. The van der Waals surface area contributed by atoms with E-state index >= 15 is 0 Å². The summed E-state index contributed by atoms with van der Waals surface area (Å²) in [6, 6.07) is 9.86. The lowest BCUT2D eigenvalue weighted by molar-refractivity contribution is -0.120. The first-order valence-corrected chi connectivity index (χ1v) is 6.62. The quantitative estimate of drug-likeness (QED) is 0.776. The minimum atomic E-state index is 0.0471. The van der Waals surface area contributed by atoms with Crippen LogP contribution in [0.1, 0.15) is 12.0 Å². The molecule has 1 amide bonds. The number of carbonyl (C=O) groups is 1. The van der Waals surface area contributed by atoms with Gasteiger partial charge >= 0.3 is 0 Å². The molecule has 0 unspecified atom stereocenters. The highest BCUT2D eigenvalue weighted by molar-refractivity contribution is 7.99. The van der Waals surface area contributed by atoms with Gasteiger partial charge in [0.2, 0.25) is 5.91 Å². The molecule has 0 fully saturated rings. The molecule has 0 saturated carbocycles. The Morgan fingerprint density at radius 1 is 1.33 bits per heavy atom. The second kappa shape index (κ2) is 6.80. The highest BCUT2D eigenvalue weighted by Crippen LogP contribution is 2.11. The molecule has 0 aliphatic heterocycles. The fourth-order valence-corrected chi connectivity index (χ4v) is 2.11. The molecule has 1 aromatic carbocycles. The molecule has 0 aliphatic carbocycles. The van der Waals surface area contributed by atoms with Crippen molar-refractivity contribution in [3.8, 4) is 0 Å². The Bertz CT molecular complexity index is 472. The zero-order valence-corrected chi connectivity index (χ0v) is 10.6. The Morgan fingerprint density at radius 3 is 2.89 bits per heavy atom. The molecular weight excluding hydrogens is 248 g/mol. The van der Waals surface area contributed by atoms with E-state index in [1.54, 1.807) is 0 Å². The van der Waals surface area contributed by atoms with E-state index < -0.39 is 0 Å². The molecule has 2 aromatic rings. The number of hydrogen-bond donors (Lipinski definition) is 2. The van der Waals surface area contributed by atoms with Crippen LogP contribution in [0.4, 0.5) is 0 Å². The zero-order chi connectivity index (χ0) is 12.6. The van der Waals surface area contributed by atoms with E-state index in [0.717, 1.165) is 10.7 Å². The number of benzene rings is 1. The largest absolute Gasteiger partial charge is 0.352 e. The summed E-state index contributed by atoms with van der Waals surface area (Å²) in [5.41, 5.74) is 1.11. The first kappa shape index (κ1) is 12.6. The van der Waals surface area contributed by atoms with Crippen molar-refractivity contribution < 1.29 is 4.79 Å². The van der Waals surface area contributed by atoms with E-state index in [1.807, 2.05) is 30.3 Å². The number of carbonyl (C=O) groups excluding carboxylic acids is 1. The molecule has 2 rings (SSSR count). The first-order valence-electron chi connectivity index (χ1n) is 5.63. The second-order valence-electron chi connectivity index (χ2n) is 3.65. The van der Waals surface area contributed by atoms with Crippen molar-refractivity contribution in [1.82, 2.24) is 20.5 Å². The van der Waals surface area contributed by atoms with Crippen molar-refractivity contribution in [1.29, 1.82) is 0 Å². The molecule has 0 radical (unpaired) electrons. The third-order valence-electron chi connectivity index (χ3n) is 2.29. The lowest BCUT2D eigenvalue weighted by atomic mass is 10.2. The van der Waals surface area contributed by atoms with Crippen molar-refractivity contribution in [3.63, 3.8) is 0 Å². The summed E-state index contributed by atoms with van der Waals surface area (Å²) in [5.74, 6) is 0.737. The van der Waals surface area contributed by atoms with Crippen LogP contribution in [0.2, 0.25) is 0 Å². The van der Waals surface area contributed by atoms with E-state index in [4.69, 9.17) is 0 Å². The van der Waals surface area contributed by atoms with Gasteiger partial charge in [0.1, 0.15) is 6.33 Å². The summed E-state index contributed by atoms with van der Waals surface area (Å²) >= 11 is 1.49. The van der Waals surface area contributed by atoms with Gasteiger partial charge in [-0.2, -0.15) is 5.10 Å². The lowest BCUT2D eigenvalue weighted by Crippen LogP contribution is -2.22. The number of nitrogens with zero attached hydrogens (tertiary/aromatic N) is 2.